The van der Waals surface area contributed by atoms with Gasteiger partial charge in [0.25, 0.3) is 0 Å². The summed E-state index contributed by atoms with van der Waals surface area (Å²) >= 11 is 5.56. The topological polar surface area (TPSA) is 30.0 Å². The van der Waals surface area contributed by atoms with Gasteiger partial charge in [0, 0.05) is 11.8 Å². The summed E-state index contributed by atoms with van der Waals surface area (Å²) in [5.41, 5.74) is 0.765. The maximum atomic E-state index is 9.91. The Kier molecular flexibility index (Phi) is 3.31. The first kappa shape index (κ1) is 8.76. The van der Waals surface area contributed by atoms with Gasteiger partial charge < -0.3 is 4.79 Å². The van der Waals surface area contributed by atoms with Gasteiger partial charge in [-0.05, 0) is 12.1 Å². The Balaban J connectivity index is 2.72. The normalized spacial score (nSPS) is 8.42. The molecular weight excluding hydrogens is 174 g/mol. The molecule has 0 saturated carbocycles. The van der Waals surface area contributed by atoms with Gasteiger partial charge in [-0.2, -0.15) is 0 Å². The number of nitrogens with zero attached hydrogens (tertiary/aromatic N) is 1. The SMILES string of the molecule is O=CCC#Cc1ccc(Cl)nc1. The number of aldehydes is 1. The van der Waals surface area contributed by atoms with Gasteiger partial charge in [-0.25, -0.2) is 4.98 Å². The van der Waals surface area contributed by atoms with Crippen LogP contribution in [-0.4, -0.2) is 11.3 Å². The fourth-order valence-electron chi connectivity index (χ4n) is 0.645. The maximum Gasteiger partial charge on any atom is 0.131 e. The number of pyridine rings is 1. The zero-order valence-electron chi connectivity index (χ0n) is 6.25. The van der Waals surface area contributed by atoms with Gasteiger partial charge in [-0.3, -0.25) is 0 Å². The molecule has 0 aliphatic rings. The van der Waals surface area contributed by atoms with Crippen molar-refractivity contribution < 1.29 is 4.79 Å². The Morgan fingerprint density at radius 1 is 1.58 bits per heavy atom. The van der Waals surface area contributed by atoms with Crippen LogP contribution in [0.3, 0.4) is 0 Å². The van der Waals surface area contributed by atoms with Gasteiger partial charge in [-0.15, -0.1) is 0 Å². The van der Waals surface area contributed by atoms with Crippen molar-refractivity contribution >= 4 is 17.9 Å². The Morgan fingerprint density at radius 2 is 2.42 bits per heavy atom. The monoisotopic (exact) mass is 179 g/mol. The third kappa shape index (κ3) is 2.73. The van der Waals surface area contributed by atoms with Gasteiger partial charge in [-0.1, -0.05) is 23.4 Å². The van der Waals surface area contributed by atoms with Crippen LogP contribution in [0.1, 0.15) is 12.0 Å². The average molecular weight is 180 g/mol. The van der Waals surface area contributed by atoms with E-state index in [-0.39, 0.29) is 6.42 Å². The number of halogens is 1. The van der Waals surface area contributed by atoms with Crippen molar-refractivity contribution in [2.75, 3.05) is 0 Å². The third-order valence-electron chi connectivity index (χ3n) is 1.15. The molecule has 0 aliphatic heterocycles. The second kappa shape index (κ2) is 4.53. The molecule has 0 amide bonds. The summed E-state index contributed by atoms with van der Waals surface area (Å²) in [6, 6.07) is 3.42. The number of carbonyl (C=O) groups is 1. The molecule has 1 rings (SSSR count). The Labute approximate surface area is 75.6 Å². The van der Waals surface area contributed by atoms with E-state index in [0.29, 0.717) is 5.15 Å². The van der Waals surface area contributed by atoms with Gasteiger partial charge in [0.1, 0.15) is 11.4 Å². The lowest BCUT2D eigenvalue weighted by Crippen LogP contribution is -1.77. The first-order valence-corrected chi connectivity index (χ1v) is 3.75. The number of hydrogen-bond acceptors (Lipinski definition) is 2. The van der Waals surface area contributed by atoms with Crippen molar-refractivity contribution in [2.24, 2.45) is 0 Å². The van der Waals surface area contributed by atoms with Crippen LogP contribution in [-0.2, 0) is 4.79 Å². The summed E-state index contributed by atoms with van der Waals surface area (Å²) in [6.45, 7) is 0. The molecule has 0 N–H and O–H groups in total. The van der Waals surface area contributed by atoms with Crippen LogP contribution in [0.4, 0.5) is 0 Å². The van der Waals surface area contributed by atoms with Crippen molar-refractivity contribution in [3.63, 3.8) is 0 Å². The summed E-state index contributed by atoms with van der Waals surface area (Å²) in [4.78, 5) is 13.7. The van der Waals surface area contributed by atoms with Crippen molar-refractivity contribution in [1.82, 2.24) is 4.98 Å². The summed E-state index contributed by atoms with van der Waals surface area (Å²) in [5, 5.41) is 0.441. The minimum Gasteiger partial charge on any atom is -0.302 e. The van der Waals surface area contributed by atoms with E-state index < -0.39 is 0 Å². The molecule has 0 spiro atoms. The van der Waals surface area contributed by atoms with Gasteiger partial charge >= 0.3 is 0 Å². The van der Waals surface area contributed by atoms with E-state index in [1.807, 2.05) is 0 Å². The molecule has 60 valence electrons. The zero-order chi connectivity index (χ0) is 8.81. The number of aromatic nitrogens is 1. The average Bonchev–Trinajstić information content (AvgIpc) is 2.09. The largest absolute Gasteiger partial charge is 0.302 e. The van der Waals surface area contributed by atoms with Crippen LogP contribution in [0.15, 0.2) is 18.3 Å². The molecular formula is C9H6ClNO. The van der Waals surface area contributed by atoms with Crippen LogP contribution in [0.2, 0.25) is 5.15 Å². The molecule has 0 saturated heterocycles. The Bertz CT molecular complexity index is 321. The third-order valence-corrected chi connectivity index (χ3v) is 1.37. The highest BCUT2D eigenvalue weighted by Crippen LogP contribution is 2.03. The first-order valence-electron chi connectivity index (χ1n) is 3.37. The molecule has 1 aromatic rings. The highest BCUT2D eigenvalue weighted by Gasteiger charge is 1.87. The molecule has 0 bridgehead atoms. The predicted octanol–water partition coefficient (Wildman–Crippen LogP) is 1.68. The van der Waals surface area contributed by atoms with Crippen LogP contribution in [0, 0.1) is 11.8 Å². The fraction of sp³-hybridized carbons (Fsp3) is 0.111. The molecule has 0 aliphatic carbocycles. The zero-order valence-corrected chi connectivity index (χ0v) is 7.01. The molecule has 12 heavy (non-hydrogen) atoms. The number of rotatable bonds is 1. The molecule has 0 aromatic carbocycles. The Hall–Kier alpha value is -1.33. The van der Waals surface area contributed by atoms with E-state index in [2.05, 4.69) is 16.8 Å². The number of carbonyl (C=O) groups excluding carboxylic acids is 1. The minimum absolute atomic E-state index is 0.253. The summed E-state index contributed by atoms with van der Waals surface area (Å²) in [7, 11) is 0. The van der Waals surface area contributed by atoms with Crippen molar-refractivity contribution in [3.8, 4) is 11.8 Å². The van der Waals surface area contributed by atoms with E-state index in [4.69, 9.17) is 11.6 Å². The lowest BCUT2D eigenvalue weighted by atomic mass is 10.3. The van der Waals surface area contributed by atoms with E-state index in [1.54, 1.807) is 18.3 Å². The second-order valence-electron chi connectivity index (χ2n) is 2.04. The van der Waals surface area contributed by atoms with Crippen molar-refractivity contribution in [2.45, 2.75) is 6.42 Å². The highest BCUT2D eigenvalue weighted by atomic mass is 35.5. The van der Waals surface area contributed by atoms with Crippen molar-refractivity contribution in [1.29, 1.82) is 0 Å². The Morgan fingerprint density at radius 3 is 3.00 bits per heavy atom. The van der Waals surface area contributed by atoms with Gasteiger partial charge in [0.05, 0.1) is 6.42 Å². The van der Waals surface area contributed by atoms with Crippen LogP contribution >= 0.6 is 11.6 Å². The molecule has 0 atom stereocenters. The smallest absolute Gasteiger partial charge is 0.131 e. The van der Waals surface area contributed by atoms with E-state index in [0.717, 1.165) is 11.8 Å². The first-order chi connectivity index (χ1) is 5.83. The van der Waals surface area contributed by atoms with E-state index in [1.165, 1.54) is 0 Å². The molecule has 0 unspecified atom stereocenters. The number of hydrogen-bond donors (Lipinski definition) is 0. The van der Waals surface area contributed by atoms with Gasteiger partial charge in [0.2, 0.25) is 0 Å². The minimum atomic E-state index is 0.253. The molecule has 2 nitrogen and oxygen atoms in total. The standard InChI is InChI=1S/C9H6ClNO/c10-9-5-4-8(7-11-9)3-1-2-6-12/h4-7H,2H2. The lowest BCUT2D eigenvalue weighted by Gasteiger charge is -1.88. The highest BCUT2D eigenvalue weighted by molar-refractivity contribution is 6.29. The summed E-state index contributed by atoms with van der Waals surface area (Å²) in [6.07, 6.45) is 2.58. The van der Waals surface area contributed by atoms with Crippen LogP contribution < -0.4 is 0 Å². The molecule has 0 radical (unpaired) electrons. The summed E-state index contributed by atoms with van der Waals surface area (Å²) in [5.74, 6) is 5.44. The fourth-order valence-corrected chi connectivity index (χ4v) is 0.756. The van der Waals surface area contributed by atoms with E-state index >= 15 is 0 Å². The quantitative estimate of drug-likeness (QED) is 0.373. The van der Waals surface area contributed by atoms with Crippen LogP contribution in [0.5, 0.6) is 0 Å². The molecule has 3 heteroatoms. The second-order valence-corrected chi connectivity index (χ2v) is 2.43. The summed E-state index contributed by atoms with van der Waals surface area (Å²) < 4.78 is 0. The predicted molar refractivity (Wildman–Crippen MR) is 46.8 cm³/mol. The van der Waals surface area contributed by atoms with Gasteiger partial charge in [0.15, 0.2) is 0 Å². The molecule has 1 aromatic heterocycles. The molecule has 0 fully saturated rings. The van der Waals surface area contributed by atoms with Crippen molar-refractivity contribution in [3.05, 3.63) is 29.0 Å². The lowest BCUT2D eigenvalue weighted by molar-refractivity contribution is -0.107. The van der Waals surface area contributed by atoms with E-state index in [9.17, 15) is 4.79 Å². The molecule has 1 heterocycles. The van der Waals surface area contributed by atoms with Crippen LogP contribution in [0.25, 0.3) is 0 Å². The maximum absolute atomic E-state index is 9.91.